The van der Waals surface area contributed by atoms with Crippen molar-refractivity contribution in [3.63, 3.8) is 0 Å². The van der Waals surface area contributed by atoms with Crippen molar-refractivity contribution < 1.29 is 14.4 Å². The van der Waals surface area contributed by atoms with Crippen molar-refractivity contribution >= 4 is 35.2 Å². The van der Waals surface area contributed by atoms with Gasteiger partial charge < -0.3 is 15.1 Å². The molecule has 3 heterocycles. The number of likely N-dealkylation sites (tertiary alicyclic amines) is 2. The maximum Gasteiger partial charge on any atom is 0.253 e. The lowest BCUT2D eigenvalue weighted by molar-refractivity contribution is -0.136. The third-order valence-electron chi connectivity index (χ3n) is 6.21. The highest BCUT2D eigenvalue weighted by Gasteiger charge is 2.31. The Balaban J connectivity index is 1.36. The highest BCUT2D eigenvalue weighted by molar-refractivity contribution is 8.00. The van der Waals surface area contributed by atoms with Crippen LogP contribution in [-0.2, 0) is 9.59 Å². The van der Waals surface area contributed by atoms with Crippen LogP contribution in [0.15, 0.2) is 23.1 Å². The lowest BCUT2D eigenvalue weighted by Gasteiger charge is -2.34. The molecule has 0 unspecified atom stereocenters. The molecule has 2 fully saturated rings. The van der Waals surface area contributed by atoms with E-state index in [1.165, 1.54) is 24.6 Å². The van der Waals surface area contributed by atoms with E-state index >= 15 is 0 Å². The second-order valence-corrected chi connectivity index (χ2v) is 9.65. The molecule has 0 bridgehead atoms. The summed E-state index contributed by atoms with van der Waals surface area (Å²) in [6.45, 7) is 4.86. The number of amides is 3. The zero-order valence-electron chi connectivity index (χ0n) is 17.0. The Labute approximate surface area is 176 Å². The highest BCUT2D eigenvalue weighted by atomic mass is 32.2. The Morgan fingerprint density at radius 3 is 2.38 bits per heavy atom. The van der Waals surface area contributed by atoms with Crippen molar-refractivity contribution in [3.8, 4) is 0 Å². The number of fused-ring (bicyclic) bond motifs is 1. The Morgan fingerprint density at radius 2 is 1.69 bits per heavy atom. The quantitative estimate of drug-likeness (QED) is 0.804. The molecule has 0 aliphatic carbocycles. The summed E-state index contributed by atoms with van der Waals surface area (Å²) < 4.78 is 0. The predicted octanol–water partition coefficient (Wildman–Crippen LogP) is 3.37. The molecule has 0 saturated carbocycles. The van der Waals surface area contributed by atoms with Gasteiger partial charge in [0.05, 0.1) is 10.9 Å². The molecule has 1 N–H and O–H groups in total. The minimum absolute atomic E-state index is 0.0219. The van der Waals surface area contributed by atoms with E-state index in [2.05, 4.69) is 5.32 Å². The van der Waals surface area contributed by atoms with Gasteiger partial charge in [-0.2, -0.15) is 0 Å². The number of carbonyl (C=O) groups excluding carboxylic acids is 3. The van der Waals surface area contributed by atoms with E-state index in [0.717, 1.165) is 49.4 Å². The smallest absolute Gasteiger partial charge is 0.253 e. The molecule has 29 heavy (non-hydrogen) atoms. The van der Waals surface area contributed by atoms with Gasteiger partial charge in [0.15, 0.2) is 0 Å². The fourth-order valence-electron chi connectivity index (χ4n) is 4.40. The Bertz CT molecular complexity index is 796. The first-order valence-corrected chi connectivity index (χ1v) is 11.6. The van der Waals surface area contributed by atoms with Crippen LogP contribution in [-0.4, -0.2) is 59.0 Å². The van der Waals surface area contributed by atoms with E-state index in [1.54, 1.807) is 6.07 Å². The molecule has 3 amide bonds. The van der Waals surface area contributed by atoms with Crippen LogP contribution >= 0.6 is 11.8 Å². The van der Waals surface area contributed by atoms with Crippen LogP contribution in [0.4, 0.5) is 5.69 Å². The second kappa shape index (κ2) is 8.78. The van der Waals surface area contributed by atoms with E-state index < -0.39 is 0 Å². The van der Waals surface area contributed by atoms with Crippen molar-refractivity contribution in [2.75, 3.05) is 31.5 Å². The lowest BCUT2D eigenvalue weighted by Crippen LogP contribution is -2.44. The monoisotopic (exact) mass is 415 g/mol. The number of rotatable bonds is 2. The molecule has 3 aliphatic heterocycles. The maximum absolute atomic E-state index is 13.0. The molecule has 4 rings (SSSR count). The van der Waals surface area contributed by atoms with Crippen molar-refractivity contribution in [2.24, 2.45) is 5.92 Å². The Morgan fingerprint density at radius 1 is 1.00 bits per heavy atom. The van der Waals surface area contributed by atoms with E-state index in [9.17, 15) is 14.4 Å². The summed E-state index contributed by atoms with van der Waals surface area (Å²) in [5.74, 6) is 0.269. The van der Waals surface area contributed by atoms with E-state index in [0.29, 0.717) is 18.7 Å². The molecule has 6 nitrogen and oxygen atoms in total. The van der Waals surface area contributed by atoms with E-state index in [1.807, 2.05) is 28.9 Å². The van der Waals surface area contributed by atoms with Crippen LogP contribution in [0, 0.1) is 5.92 Å². The second-order valence-electron chi connectivity index (χ2n) is 8.27. The third kappa shape index (κ3) is 4.44. The summed E-state index contributed by atoms with van der Waals surface area (Å²) in [7, 11) is 0. The first-order valence-electron chi connectivity index (χ1n) is 10.7. The van der Waals surface area contributed by atoms with Gasteiger partial charge in [-0.25, -0.2) is 0 Å². The standard InChI is InChI=1S/C22H29N3O3S/c1-15-20(26)23-18-14-17(6-7-19(18)29-15)22(28)25-12-8-16(9-13-25)21(27)24-10-4-2-3-5-11-24/h6-7,14-16H,2-5,8-13H2,1H3,(H,23,26)/t15-/m0/s1. The number of nitrogens with one attached hydrogen (secondary N) is 1. The van der Waals surface area contributed by atoms with Crippen LogP contribution < -0.4 is 5.32 Å². The normalized spacial score (nSPS) is 23.2. The van der Waals surface area contributed by atoms with Gasteiger partial charge in [0.1, 0.15) is 0 Å². The molecular formula is C22H29N3O3S. The summed E-state index contributed by atoms with van der Waals surface area (Å²) in [4.78, 5) is 42.6. The first kappa shape index (κ1) is 20.3. The molecule has 0 radical (unpaired) electrons. The summed E-state index contributed by atoms with van der Waals surface area (Å²) in [5, 5.41) is 2.77. The molecule has 3 aliphatic rings. The van der Waals surface area contributed by atoms with E-state index in [-0.39, 0.29) is 28.9 Å². The van der Waals surface area contributed by atoms with Crippen molar-refractivity contribution in [3.05, 3.63) is 23.8 Å². The number of piperidine rings is 1. The molecule has 156 valence electrons. The number of anilines is 1. The van der Waals surface area contributed by atoms with Gasteiger partial charge in [-0.05, 0) is 50.8 Å². The van der Waals surface area contributed by atoms with Crippen LogP contribution in [0.1, 0.15) is 55.8 Å². The fourth-order valence-corrected chi connectivity index (χ4v) is 5.33. The summed E-state index contributed by atoms with van der Waals surface area (Å²) in [6, 6.07) is 5.54. The lowest BCUT2D eigenvalue weighted by atomic mass is 9.94. The van der Waals surface area contributed by atoms with Gasteiger partial charge in [0.2, 0.25) is 11.8 Å². The first-order chi connectivity index (χ1) is 14.0. The topological polar surface area (TPSA) is 69.7 Å². The van der Waals surface area contributed by atoms with Crippen LogP contribution in [0.2, 0.25) is 0 Å². The number of thioether (sulfide) groups is 1. The number of nitrogens with zero attached hydrogens (tertiary/aromatic N) is 2. The zero-order valence-corrected chi connectivity index (χ0v) is 17.8. The number of carbonyl (C=O) groups is 3. The van der Waals surface area contributed by atoms with Gasteiger partial charge in [0, 0.05) is 42.6 Å². The summed E-state index contributed by atoms with van der Waals surface area (Å²) in [6.07, 6.45) is 6.11. The van der Waals surface area contributed by atoms with E-state index in [4.69, 9.17) is 0 Å². The summed E-state index contributed by atoms with van der Waals surface area (Å²) in [5.41, 5.74) is 1.31. The molecule has 1 aromatic carbocycles. The Kier molecular flexibility index (Phi) is 6.13. The highest BCUT2D eigenvalue weighted by Crippen LogP contribution is 2.36. The molecule has 1 atom stereocenters. The molecular weight excluding hydrogens is 386 g/mol. The minimum atomic E-state index is -0.121. The van der Waals surface area contributed by atoms with Crippen LogP contribution in [0.25, 0.3) is 0 Å². The summed E-state index contributed by atoms with van der Waals surface area (Å²) >= 11 is 1.52. The van der Waals surface area contributed by atoms with Gasteiger partial charge in [-0.1, -0.05) is 12.8 Å². The molecule has 7 heteroatoms. The Hall–Kier alpha value is -2.02. The van der Waals surface area contributed by atoms with Gasteiger partial charge in [-0.15, -0.1) is 11.8 Å². The predicted molar refractivity (Wildman–Crippen MR) is 114 cm³/mol. The van der Waals surface area contributed by atoms with Crippen LogP contribution in [0.3, 0.4) is 0 Å². The van der Waals surface area contributed by atoms with Gasteiger partial charge >= 0.3 is 0 Å². The average Bonchev–Trinajstić information content (AvgIpc) is 3.03. The molecule has 0 aromatic heterocycles. The largest absolute Gasteiger partial charge is 0.342 e. The number of hydrogen-bond donors (Lipinski definition) is 1. The van der Waals surface area contributed by atoms with Crippen molar-refractivity contribution in [1.29, 1.82) is 0 Å². The van der Waals surface area contributed by atoms with Crippen molar-refractivity contribution in [1.82, 2.24) is 9.80 Å². The average molecular weight is 416 g/mol. The zero-order chi connectivity index (χ0) is 20.4. The number of hydrogen-bond acceptors (Lipinski definition) is 4. The van der Waals surface area contributed by atoms with Gasteiger partial charge in [0.25, 0.3) is 5.91 Å². The molecule has 1 aromatic rings. The minimum Gasteiger partial charge on any atom is -0.342 e. The van der Waals surface area contributed by atoms with Crippen molar-refractivity contribution in [2.45, 2.75) is 55.6 Å². The third-order valence-corrected chi connectivity index (χ3v) is 7.38. The fraction of sp³-hybridized carbons (Fsp3) is 0.591. The molecule has 0 spiro atoms. The van der Waals surface area contributed by atoms with Crippen LogP contribution in [0.5, 0.6) is 0 Å². The SMILES string of the molecule is C[C@@H]1Sc2ccc(C(=O)N3CCC(C(=O)N4CCCCCC4)CC3)cc2NC1=O. The maximum atomic E-state index is 13.0. The molecule has 2 saturated heterocycles. The van der Waals surface area contributed by atoms with Gasteiger partial charge in [-0.3, -0.25) is 14.4 Å². The number of benzene rings is 1.